The Morgan fingerprint density at radius 2 is 2.00 bits per heavy atom. The SMILES string of the molecule is CC.N=C(N)CC(=O)O. The van der Waals surface area contributed by atoms with E-state index >= 15 is 0 Å². The van der Waals surface area contributed by atoms with E-state index in [0.717, 1.165) is 0 Å². The molecule has 0 radical (unpaired) electrons. The maximum Gasteiger partial charge on any atom is 0.310 e. The number of carboxylic acid groups (broad SMARTS) is 1. The molecule has 0 heterocycles. The average Bonchev–Trinajstić information content (AvgIpc) is 1.68. The molecule has 4 N–H and O–H groups in total. The number of hydrogen-bond donors (Lipinski definition) is 3. The minimum absolute atomic E-state index is 0.312. The fraction of sp³-hybridized carbons (Fsp3) is 0.600. The monoisotopic (exact) mass is 132 g/mol. The van der Waals surface area contributed by atoms with Crippen LogP contribution in [0.15, 0.2) is 0 Å². The summed E-state index contributed by atoms with van der Waals surface area (Å²) in [5, 5.41) is 14.3. The van der Waals surface area contributed by atoms with Gasteiger partial charge < -0.3 is 10.8 Å². The van der Waals surface area contributed by atoms with Crippen LogP contribution < -0.4 is 5.73 Å². The van der Waals surface area contributed by atoms with Crippen LogP contribution >= 0.6 is 0 Å². The normalized spacial score (nSPS) is 6.89. The third kappa shape index (κ3) is 19.6. The Labute approximate surface area is 54.2 Å². The van der Waals surface area contributed by atoms with Gasteiger partial charge in [-0.05, 0) is 0 Å². The van der Waals surface area contributed by atoms with Crippen molar-refractivity contribution in [3.05, 3.63) is 0 Å². The number of carbonyl (C=O) groups is 1. The van der Waals surface area contributed by atoms with Crippen molar-refractivity contribution in [3.8, 4) is 0 Å². The van der Waals surface area contributed by atoms with Crippen molar-refractivity contribution in [2.75, 3.05) is 0 Å². The van der Waals surface area contributed by atoms with Gasteiger partial charge in [-0.2, -0.15) is 0 Å². The molecule has 0 aliphatic heterocycles. The first-order valence-corrected chi connectivity index (χ1v) is 2.67. The van der Waals surface area contributed by atoms with Gasteiger partial charge in [-0.15, -0.1) is 0 Å². The Morgan fingerprint density at radius 3 is 2.00 bits per heavy atom. The molecule has 4 nitrogen and oxygen atoms in total. The lowest BCUT2D eigenvalue weighted by Crippen LogP contribution is -2.14. The first-order chi connectivity index (χ1) is 4.13. The van der Waals surface area contributed by atoms with Crippen LogP contribution in [0.25, 0.3) is 0 Å². The summed E-state index contributed by atoms with van der Waals surface area (Å²) >= 11 is 0. The number of rotatable bonds is 2. The molecule has 0 aromatic heterocycles. The maximum atomic E-state index is 9.59. The third-order valence-corrected chi connectivity index (χ3v) is 0.342. The van der Waals surface area contributed by atoms with Crippen LogP contribution in [0, 0.1) is 5.41 Å². The number of nitrogens with one attached hydrogen (secondary N) is 1. The van der Waals surface area contributed by atoms with Crippen molar-refractivity contribution in [3.63, 3.8) is 0 Å². The van der Waals surface area contributed by atoms with Gasteiger partial charge >= 0.3 is 5.97 Å². The second-order valence-electron chi connectivity index (χ2n) is 1.10. The van der Waals surface area contributed by atoms with E-state index in [-0.39, 0.29) is 12.3 Å². The highest BCUT2D eigenvalue weighted by Crippen LogP contribution is 1.72. The van der Waals surface area contributed by atoms with Gasteiger partial charge in [0.1, 0.15) is 12.3 Å². The quantitative estimate of drug-likeness (QED) is 0.376. The lowest BCUT2D eigenvalue weighted by Gasteiger charge is -1.85. The summed E-state index contributed by atoms with van der Waals surface area (Å²) in [6.45, 7) is 4.00. The van der Waals surface area contributed by atoms with Crippen molar-refractivity contribution >= 4 is 11.8 Å². The van der Waals surface area contributed by atoms with Gasteiger partial charge in [-0.3, -0.25) is 10.2 Å². The number of aliphatic carboxylic acids is 1. The molecule has 0 unspecified atom stereocenters. The highest BCUT2D eigenvalue weighted by atomic mass is 16.4. The highest BCUT2D eigenvalue weighted by molar-refractivity contribution is 5.93. The molecular weight excluding hydrogens is 120 g/mol. The van der Waals surface area contributed by atoms with Crippen LogP contribution in [0.5, 0.6) is 0 Å². The van der Waals surface area contributed by atoms with Crippen LogP contribution in [-0.4, -0.2) is 16.9 Å². The average molecular weight is 132 g/mol. The molecular formula is C5H12N2O2. The van der Waals surface area contributed by atoms with Crippen molar-refractivity contribution < 1.29 is 9.90 Å². The maximum absolute atomic E-state index is 9.59. The zero-order valence-electron chi connectivity index (χ0n) is 5.64. The Bertz CT molecular complexity index is 89.1. The summed E-state index contributed by atoms with van der Waals surface area (Å²) in [7, 11) is 0. The summed E-state index contributed by atoms with van der Waals surface area (Å²) < 4.78 is 0. The van der Waals surface area contributed by atoms with Crippen LogP contribution in [-0.2, 0) is 4.79 Å². The summed E-state index contributed by atoms with van der Waals surface area (Å²) in [6.07, 6.45) is -0.361. The molecule has 0 aromatic carbocycles. The molecule has 0 aliphatic rings. The Hall–Kier alpha value is -1.06. The third-order valence-electron chi connectivity index (χ3n) is 0.342. The molecule has 0 aliphatic carbocycles. The van der Waals surface area contributed by atoms with E-state index in [0.29, 0.717) is 0 Å². The van der Waals surface area contributed by atoms with E-state index < -0.39 is 5.97 Å². The minimum Gasteiger partial charge on any atom is -0.481 e. The van der Waals surface area contributed by atoms with Crippen LogP contribution in [0.4, 0.5) is 0 Å². The number of carboxylic acids is 1. The Morgan fingerprint density at radius 1 is 1.67 bits per heavy atom. The minimum atomic E-state index is -1.06. The second-order valence-corrected chi connectivity index (χ2v) is 1.10. The molecule has 0 saturated heterocycles. The van der Waals surface area contributed by atoms with Crippen molar-refractivity contribution in [2.24, 2.45) is 5.73 Å². The van der Waals surface area contributed by atoms with E-state index in [1.807, 2.05) is 13.8 Å². The molecule has 0 bridgehead atoms. The Kier molecular flexibility index (Phi) is 8.36. The molecule has 0 amide bonds. The van der Waals surface area contributed by atoms with E-state index in [9.17, 15) is 4.79 Å². The molecule has 9 heavy (non-hydrogen) atoms. The predicted octanol–water partition coefficient (Wildman–Crippen LogP) is 0.423. The second kappa shape index (κ2) is 6.94. The van der Waals surface area contributed by atoms with Gasteiger partial charge in [-0.25, -0.2) is 0 Å². The lowest BCUT2D eigenvalue weighted by atomic mass is 10.4. The zero-order valence-corrected chi connectivity index (χ0v) is 5.64. The molecule has 4 heteroatoms. The molecule has 0 saturated carbocycles. The standard InChI is InChI=1S/C3H6N2O2.C2H6/c4-2(5)1-3(6)7;1-2/h1H2,(H3,4,5)(H,6,7);1-2H3. The fourth-order valence-corrected chi connectivity index (χ4v) is 0.163. The smallest absolute Gasteiger partial charge is 0.310 e. The number of amidine groups is 1. The first-order valence-electron chi connectivity index (χ1n) is 2.67. The molecule has 0 fully saturated rings. The number of hydrogen-bond acceptors (Lipinski definition) is 2. The zero-order chi connectivity index (χ0) is 7.86. The van der Waals surface area contributed by atoms with Gasteiger partial charge in [-0.1, -0.05) is 13.8 Å². The molecule has 0 aromatic rings. The van der Waals surface area contributed by atoms with E-state index in [4.69, 9.17) is 16.2 Å². The van der Waals surface area contributed by atoms with Crippen molar-refractivity contribution in [1.82, 2.24) is 0 Å². The van der Waals surface area contributed by atoms with Gasteiger partial charge in [0.05, 0.1) is 0 Å². The summed E-state index contributed by atoms with van der Waals surface area (Å²) in [5.41, 5.74) is 4.70. The van der Waals surface area contributed by atoms with E-state index in [1.54, 1.807) is 0 Å². The molecule has 0 atom stereocenters. The molecule has 0 rings (SSSR count). The Balaban J connectivity index is 0. The largest absolute Gasteiger partial charge is 0.481 e. The van der Waals surface area contributed by atoms with Gasteiger partial charge in [0.25, 0.3) is 0 Å². The van der Waals surface area contributed by atoms with E-state index in [2.05, 4.69) is 0 Å². The lowest BCUT2D eigenvalue weighted by molar-refractivity contribution is -0.135. The molecule has 54 valence electrons. The summed E-state index contributed by atoms with van der Waals surface area (Å²) in [5.74, 6) is -1.37. The van der Waals surface area contributed by atoms with Gasteiger partial charge in [0.15, 0.2) is 0 Å². The van der Waals surface area contributed by atoms with Gasteiger partial charge in [0, 0.05) is 0 Å². The highest BCUT2D eigenvalue weighted by Gasteiger charge is 1.95. The first kappa shape index (κ1) is 10.8. The predicted molar refractivity (Wildman–Crippen MR) is 35.5 cm³/mol. The fourth-order valence-electron chi connectivity index (χ4n) is 0.163. The van der Waals surface area contributed by atoms with Crippen LogP contribution in [0.1, 0.15) is 20.3 Å². The van der Waals surface area contributed by atoms with Crippen molar-refractivity contribution in [2.45, 2.75) is 20.3 Å². The summed E-state index contributed by atoms with van der Waals surface area (Å²) in [4.78, 5) is 9.59. The number of nitrogens with two attached hydrogens (primary N) is 1. The van der Waals surface area contributed by atoms with Gasteiger partial charge in [0.2, 0.25) is 0 Å². The van der Waals surface area contributed by atoms with Crippen LogP contribution in [0.3, 0.4) is 0 Å². The van der Waals surface area contributed by atoms with E-state index in [1.165, 1.54) is 0 Å². The summed E-state index contributed by atoms with van der Waals surface area (Å²) in [6, 6.07) is 0. The molecule has 0 spiro atoms. The van der Waals surface area contributed by atoms with Crippen LogP contribution in [0.2, 0.25) is 0 Å². The topological polar surface area (TPSA) is 87.2 Å². The van der Waals surface area contributed by atoms with Crippen molar-refractivity contribution in [1.29, 1.82) is 5.41 Å².